The number of alkyl halides is 3. The van der Waals surface area contributed by atoms with Gasteiger partial charge in [0.05, 0.1) is 10.6 Å². The predicted octanol–water partition coefficient (Wildman–Crippen LogP) is 3.81. The summed E-state index contributed by atoms with van der Waals surface area (Å²) in [6.45, 7) is 1.43. The van der Waals surface area contributed by atoms with Gasteiger partial charge in [-0.15, -0.1) is 0 Å². The van der Waals surface area contributed by atoms with E-state index in [1.807, 2.05) is 0 Å². The summed E-state index contributed by atoms with van der Waals surface area (Å²) < 4.78 is 39.0. The minimum Gasteiger partial charge on any atom is -0.352 e. The molecule has 27 heavy (non-hydrogen) atoms. The van der Waals surface area contributed by atoms with Crippen LogP contribution in [-0.2, 0) is 22.3 Å². The quantitative estimate of drug-likeness (QED) is 0.803. The van der Waals surface area contributed by atoms with Gasteiger partial charge >= 0.3 is 6.18 Å². The SMILES string of the molecule is CC(=O)N(CCC(=O)NCc1cccnc1)c1ccc(Cl)c(C(F)(F)F)c1. The first-order valence-electron chi connectivity index (χ1n) is 7.99. The number of anilines is 1. The fourth-order valence-electron chi connectivity index (χ4n) is 2.37. The van der Waals surface area contributed by atoms with E-state index < -0.39 is 22.7 Å². The lowest BCUT2D eigenvalue weighted by Crippen LogP contribution is -2.34. The smallest absolute Gasteiger partial charge is 0.352 e. The minimum absolute atomic E-state index is 0.0271. The Morgan fingerprint density at radius 2 is 2.00 bits per heavy atom. The lowest BCUT2D eigenvalue weighted by molar-refractivity contribution is -0.137. The molecule has 1 N–H and O–H groups in total. The molecule has 0 aliphatic carbocycles. The zero-order chi connectivity index (χ0) is 20.0. The summed E-state index contributed by atoms with van der Waals surface area (Å²) in [5.41, 5.74) is -0.199. The van der Waals surface area contributed by atoms with Crippen molar-refractivity contribution in [2.75, 3.05) is 11.4 Å². The van der Waals surface area contributed by atoms with Gasteiger partial charge in [-0.1, -0.05) is 17.7 Å². The van der Waals surface area contributed by atoms with E-state index in [0.717, 1.165) is 22.6 Å². The van der Waals surface area contributed by atoms with Gasteiger partial charge in [0.2, 0.25) is 11.8 Å². The monoisotopic (exact) mass is 399 g/mol. The average Bonchev–Trinajstić information content (AvgIpc) is 2.61. The van der Waals surface area contributed by atoms with Crippen molar-refractivity contribution in [1.29, 1.82) is 0 Å². The van der Waals surface area contributed by atoms with Crippen LogP contribution in [0.3, 0.4) is 0 Å². The first kappa shape index (κ1) is 20.7. The summed E-state index contributed by atoms with van der Waals surface area (Å²) in [4.78, 5) is 28.9. The molecule has 0 radical (unpaired) electrons. The maximum Gasteiger partial charge on any atom is 0.417 e. The first-order chi connectivity index (χ1) is 12.7. The van der Waals surface area contributed by atoms with Crippen LogP contribution >= 0.6 is 11.6 Å². The second-order valence-electron chi connectivity index (χ2n) is 5.72. The van der Waals surface area contributed by atoms with Crippen LogP contribution in [0.2, 0.25) is 5.02 Å². The second kappa shape index (κ2) is 8.85. The highest BCUT2D eigenvalue weighted by Crippen LogP contribution is 2.37. The molecule has 0 saturated heterocycles. The fraction of sp³-hybridized carbons (Fsp3) is 0.278. The molecule has 144 valence electrons. The molecule has 0 atom stereocenters. The molecule has 1 aromatic heterocycles. The number of rotatable bonds is 6. The third kappa shape index (κ3) is 5.96. The third-order valence-electron chi connectivity index (χ3n) is 3.72. The maximum absolute atomic E-state index is 13.0. The number of halogens is 4. The standard InChI is InChI=1S/C18H17ClF3N3O2/c1-12(26)25(14-4-5-16(19)15(9-14)18(20,21)22)8-6-17(27)24-11-13-3-2-7-23-10-13/h2-5,7,9-10H,6,8,11H2,1H3,(H,24,27). The van der Waals surface area contributed by atoms with Crippen LogP contribution in [0.15, 0.2) is 42.7 Å². The molecule has 0 saturated carbocycles. The Morgan fingerprint density at radius 3 is 2.59 bits per heavy atom. The fourth-order valence-corrected chi connectivity index (χ4v) is 2.60. The summed E-state index contributed by atoms with van der Waals surface area (Å²) >= 11 is 5.60. The van der Waals surface area contributed by atoms with Crippen LogP contribution in [0.25, 0.3) is 0 Å². The summed E-state index contributed by atoms with van der Waals surface area (Å²) in [6.07, 6.45) is -1.49. The van der Waals surface area contributed by atoms with Crippen LogP contribution in [0, 0.1) is 0 Å². The number of pyridine rings is 1. The Kier molecular flexibility index (Phi) is 6.79. The van der Waals surface area contributed by atoms with Gasteiger partial charge in [-0.05, 0) is 29.8 Å². The zero-order valence-electron chi connectivity index (χ0n) is 14.4. The van der Waals surface area contributed by atoms with Gasteiger partial charge in [-0.25, -0.2) is 0 Å². The number of amides is 2. The van der Waals surface area contributed by atoms with Gasteiger partial charge < -0.3 is 10.2 Å². The summed E-state index contributed by atoms with van der Waals surface area (Å²) in [7, 11) is 0. The van der Waals surface area contributed by atoms with Crippen LogP contribution < -0.4 is 10.2 Å². The Morgan fingerprint density at radius 1 is 1.26 bits per heavy atom. The van der Waals surface area contributed by atoms with Gasteiger partial charge in [-0.2, -0.15) is 13.2 Å². The van der Waals surface area contributed by atoms with Crippen molar-refractivity contribution in [3.8, 4) is 0 Å². The molecule has 0 aliphatic rings. The molecule has 1 aromatic carbocycles. The number of aromatic nitrogens is 1. The maximum atomic E-state index is 13.0. The van der Waals surface area contributed by atoms with E-state index in [1.165, 1.54) is 13.0 Å². The molecule has 9 heteroatoms. The number of carbonyl (C=O) groups is 2. The van der Waals surface area contributed by atoms with E-state index in [4.69, 9.17) is 11.6 Å². The Balaban J connectivity index is 2.03. The summed E-state index contributed by atoms with van der Waals surface area (Å²) in [5, 5.41) is 2.22. The largest absolute Gasteiger partial charge is 0.417 e. The molecule has 0 aliphatic heterocycles. The first-order valence-corrected chi connectivity index (χ1v) is 8.36. The highest BCUT2D eigenvalue weighted by Gasteiger charge is 2.34. The molecule has 2 rings (SSSR count). The molecular weight excluding hydrogens is 383 g/mol. The number of hydrogen-bond acceptors (Lipinski definition) is 3. The van der Waals surface area contributed by atoms with Crippen LogP contribution in [0.5, 0.6) is 0 Å². The van der Waals surface area contributed by atoms with Gasteiger partial charge in [-0.3, -0.25) is 14.6 Å². The van der Waals surface area contributed by atoms with E-state index in [-0.39, 0.29) is 31.1 Å². The number of hydrogen-bond donors (Lipinski definition) is 1. The third-order valence-corrected chi connectivity index (χ3v) is 4.05. The zero-order valence-corrected chi connectivity index (χ0v) is 15.1. The summed E-state index contributed by atoms with van der Waals surface area (Å²) in [5.74, 6) is -0.819. The van der Waals surface area contributed by atoms with E-state index >= 15 is 0 Å². The molecule has 1 heterocycles. The molecule has 0 spiro atoms. The number of nitrogens with zero attached hydrogens (tertiary/aromatic N) is 2. The highest BCUT2D eigenvalue weighted by molar-refractivity contribution is 6.31. The van der Waals surface area contributed by atoms with Crippen molar-refractivity contribution in [1.82, 2.24) is 10.3 Å². The predicted molar refractivity (Wildman–Crippen MR) is 95.2 cm³/mol. The molecular formula is C18H17ClF3N3O2. The van der Waals surface area contributed by atoms with Gasteiger partial charge in [0.15, 0.2) is 0 Å². The topological polar surface area (TPSA) is 62.3 Å². The molecule has 5 nitrogen and oxygen atoms in total. The highest BCUT2D eigenvalue weighted by atomic mass is 35.5. The van der Waals surface area contributed by atoms with Crippen LogP contribution in [0.1, 0.15) is 24.5 Å². The average molecular weight is 400 g/mol. The Hall–Kier alpha value is -2.61. The number of benzene rings is 1. The second-order valence-corrected chi connectivity index (χ2v) is 6.13. The van der Waals surface area contributed by atoms with Crippen molar-refractivity contribution in [2.24, 2.45) is 0 Å². The minimum atomic E-state index is -4.64. The van der Waals surface area contributed by atoms with Crippen molar-refractivity contribution < 1.29 is 22.8 Å². The van der Waals surface area contributed by atoms with Crippen molar-refractivity contribution >= 4 is 29.1 Å². The normalized spacial score (nSPS) is 11.1. The Bertz CT molecular complexity index is 813. The van der Waals surface area contributed by atoms with Crippen LogP contribution in [-0.4, -0.2) is 23.3 Å². The lowest BCUT2D eigenvalue weighted by atomic mass is 10.1. The van der Waals surface area contributed by atoms with E-state index in [2.05, 4.69) is 10.3 Å². The van der Waals surface area contributed by atoms with Gasteiger partial charge in [0.1, 0.15) is 0 Å². The van der Waals surface area contributed by atoms with Gasteiger partial charge in [0, 0.05) is 44.5 Å². The van der Waals surface area contributed by atoms with Crippen molar-refractivity contribution in [2.45, 2.75) is 26.1 Å². The van der Waals surface area contributed by atoms with Crippen molar-refractivity contribution in [3.05, 3.63) is 58.9 Å². The van der Waals surface area contributed by atoms with Crippen LogP contribution in [0.4, 0.5) is 18.9 Å². The number of carbonyl (C=O) groups excluding carboxylic acids is 2. The summed E-state index contributed by atoms with van der Waals surface area (Å²) in [6, 6.07) is 6.72. The van der Waals surface area contributed by atoms with E-state index in [9.17, 15) is 22.8 Å². The molecule has 0 fully saturated rings. The molecule has 2 aromatic rings. The Labute approximate surface area is 159 Å². The van der Waals surface area contributed by atoms with Gasteiger partial charge in [0.25, 0.3) is 0 Å². The van der Waals surface area contributed by atoms with Crippen molar-refractivity contribution in [3.63, 3.8) is 0 Å². The lowest BCUT2D eigenvalue weighted by Gasteiger charge is -2.22. The van der Waals surface area contributed by atoms with E-state index in [0.29, 0.717) is 0 Å². The van der Waals surface area contributed by atoms with E-state index in [1.54, 1.807) is 24.5 Å². The molecule has 0 bridgehead atoms. The number of nitrogens with one attached hydrogen (secondary N) is 1. The molecule has 0 unspecified atom stereocenters. The molecule has 2 amide bonds.